The standard InChI is InChI=1S/C21H32N4O2/c1-2-22-21(23-12-8-14-25-13-7-3-4-11-20(25)26)24-16-18-15-17-9-5-6-10-19(17)27-18/h5-6,9-10,18H,2-4,7-8,11-16H2,1H3,(H2,22,23,24). The van der Waals surface area contributed by atoms with Gasteiger partial charge in [0.2, 0.25) is 5.91 Å². The van der Waals surface area contributed by atoms with Gasteiger partial charge >= 0.3 is 0 Å². The fourth-order valence-corrected chi connectivity index (χ4v) is 3.64. The Bertz CT molecular complexity index is 622. The molecule has 1 aromatic rings. The third-order valence-corrected chi connectivity index (χ3v) is 5.08. The summed E-state index contributed by atoms with van der Waals surface area (Å²) in [4.78, 5) is 18.7. The molecule has 0 saturated carbocycles. The predicted molar refractivity (Wildman–Crippen MR) is 108 cm³/mol. The number of nitrogens with one attached hydrogen (secondary N) is 2. The SMILES string of the molecule is CCNC(=NCC1Cc2ccccc2O1)NCCCN1CCCCCC1=O. The van der Waals surface area contributed by atoms with E-state index < -0.39 is 0 Å². The van der Waals surface area contributed by atoms with Crippen molar-refractivity contribution in [2.24, 2.45) is 4.99 Å². The molecule has 0 bridgehead atoms. The maximum Gasteiger partial charge on any atom is 0.222 e. The van der Waals surface area contributed by atoms with E-state index >= 15 is 0 Å². The summed E-state index contributed by atoms with van der Waals surface area (Å²) in [6, 6.07) is 8.19. The smallest absolute Gasteiger partial charge is 0.222 e. The van der Waals surface area contributed by atoms with Gasteiger partial charge in [-0.15, -0.1) is 0 Å². The molecule has 0 aliphatic carbocycles. The average Bonchev–Trinajstić information content (AvgIpc) is 2.99. The van der Waals surface area contributed by atoms with Crippen molar-refractivity contribution in [1.29, 1.82) is 0 Å². The molecule has 2 N–H and O–H groups in total. The number of hydrogen-bond donors (Lipinski definition) is 2. The van der Waals surface area contributed by atoms with Gasteiger partial charge in [0.15, 0.2) is 5.96 Å². The van der Waals surface area contributed by atoms with Gasteiger partial charge in [-0.05, 0) is 37.8 Å². The van der Waals surface area contributed by atoms with Crippen molar-refractivity contribution in [3.05, 3.63) is 29.8 Å². The third kappa shape index (κ3) is 5.88. The van der Waals surface area contributed by atoms with Gasteiger partial charge in [0.1, 0.15) is 11.9 Å². The van der Waals surface area contributed by atoms with Crippen LogP contribution in [-0.2, 0) is 11.2 Å². The number of amides is 1. The van der Waals surface area contributed by atoms with Crippen molar-refractivity contribution in [3.8, 4) is 5.75 Å². The van der Waals surface area contributed by atoms with Crippen molar-refractivity contribution in [1.82, 2.24) is 15.5 Å². The molecule has 1 aromatic carbocycles. The highest BCUT2D eigenvalue weighted by Crippen LogP contribution is 2.28. The Hall–Kier alpha value is -2.24. The monoisotopic (exact) mass is 372 g/mol. The van der Waals surface area contributed by atoms with E-state index in [-0.39, 0.29) is 6.10 Å². The number of aliphatic imine (C=N–C) groups is 1. The first-order chi connectivity index (χ1) is 13.3. The molecule has 2 aliphatic rings. The third-order valence-electron chi connectivity index (χ3n) is 5.08. The largest absolute Gasteiger partial charge is 0.488 e. The van der Waals surface area contributed by atoms with E-state index in [0.29, 0.717) is 18.9 Å². The van der Waals surface area contributed by atoms with Gasteiger partial charge in [-0.3, -0.25) is 4.79 Å². The quantitative estimate of drug-likeness (QED) is 0.438. The summed E-state index contributed by atoms with van der Waals surface area (Å²) in [5.74, 6) is 2.11. The van der Waals surface area contributed by atoms with E-state index in [0.717, 1.165) is 63.6 Å². The Morgan fingerprint density at radius 2 is 2.15 bits per heavy atom. The van der Waals surface area contributed by atoms with Crippen LogP contribution in [0.5, 0.6) is 5.75 Å². The molecule has 148 valence electrons. The summed E-state index contributed by atoms with van der Waals surface area (Å²) in [7, 11) is 0. The topological polar surface area (TPSA) is 66.0 Å². The normalized spacial score (nSPS) is 20.0. The van der Waals surface area contributed by atoms with E-state index in [4.69, 9.17) is 4.74 Å². The molecule has 2 heterocycles. The number of carbonyl (C=O) groups excluding carboxylic acids is 1. The Labute approximate surface area is 162 Å². The zero-order valence-electron chi connectivity index (χ0n) is 16.4. The predicted octanol–water partition coefficient (Wildman–Crippen LogP) is 2.34. The summed E-state index contributed by atoms with van der Waals surface area (Å²) >= 11 is 0. The summed E-state index contributed by atoms with van der Waals surface area (Å²) < 4.78 is 5.96. The molecule has 6 heteroatoms. The Morgan fingerprint density at radius 3 is 3.00 bits per heavy atom. The van der Waals surface area contributed by atoms with Crippen LogP contribution in [0.15, 0.2) is 29.3 Å². The van der Waals surface area contributed by atoms with Crippen LogP contribution in [-0.4, -0.2) is 55.6 Å². The van der Waals surface area contributed by atoms with Crippen LogP contribution < -0.4 is 15.4 Å². The summed E-state index contributed by atoms with van der Waals surface area (Å²) in [5, 5.41) is 6.67. The van der Waals surface area contributed by atoms with Crippen molar-refractivity contribution < 1.29 is 9.53 Å². The fraction of sp³-hybridized carbons (Fsp3) is 0.619. The molecule has 1 unspecified atom stereocenters. The Kier molecular flexibility index (Phi) is 7.36. The minimum Gasteiger partial charge on any atom is -0.488 e. The van der Waals surface area contributed by atoms with E-state index in [1.165, 1.54) is 12.0 Å². The number of fused-ring (bicyclic) bond motifs is 1. The Balaban J connectivity index is 1.41. The highest BCUT2D eigenvalue weighted by Gasteiger charge is 2.22. The first kappa shape index (κ1) is 19.5. The van der Waals surface area contributed by atoms with Gasteiger partial charge in [0, 0.05) is 39.0 Å². The lowest BCUT2D eigenvalue weighted by molar-refractivity contribution is -0.130. The van der Waals surface area contributed by atoms with Crippen molar-refractivity contribution >= 4 is 11.9 Å². The number of guanidine groups is 1. The molecule has 0 aromatic heterocycles. The van der Waals surface area contributed by atoms with Crippen LogP contribution in [0.25, 0.3) is 0 Å². The molecule has 2 aliphatic heterocycles. The van der Waals surface area contributed by atoms with Crippen LogP contribution >= 0.6 is 0 Å². The lowest BCUT2D eigenvalue weighted by Crippen LogP contribution is -2.40. The first-order valence-corrected chi connectivity index (χ1v) is 10.3. The maximum absolute atomic E-state index is 12.0. The molecular formula is C21H32N4O2. The molecule has 1 fully saturated rings. The number of hydrogen-bond acceptors (Lipinski definition) is 3. The molecule has 0 radical (unpaired) electrons. The number of carbonyl (C=O) groups is 1. The zero-order valence-corrected chi connectivity index (χ0v) is 16.4. The number of ether oxygens (including phenoxy) is 1. The number of rotatable bonds is 7. The summed E-state index contributed by atoms with van der Waals surface area (Å²) in [5.41, 5.74) is 1.26. The lowest BCUT2D eigenvalue weighted by Gasteiger charge is -2.21. The molecule has 0 spiro atoms. The van der Waals surface area contributed by atoms with Crippen LogP contribution in [0.1, 0.15) is 44.6 Å². The highest BCUT2D eigenvalue weighted by atomic mass is 16.5. The van der Waals surface area contributed by atoms with Crippen LogP contribution in [0.3, 0.4) is 0 Å². The molecule has 1 amide bonds. The number of nitrogens with zero attached hydrogens (tertiary/aromatic N) is 2. The van der Waals surface area contributed by atoms with Gasteiger partial charge in [-0.25, -0.2) is 4.99 Å². The second kappa shape index (κ2) is 10.2. The lowest BCUT2D eigenvalue weighted by atomic mass is 10.1. The molecular weight excluding hydrogens is 340 g/mol. The van der Waals surface area contributed by atoms with E-state index in [1.807, 2.05) is 17.0 Å². The number of likely N-dealkylation sites (tertiary alicyclic amines) is 1. The van der Waals surface area contributed by atoms with Gasteiger partial charge in [-0.1, -0.05) is 24.6 Å². The minimum absolute atomic E-state index is 0.104. The zero-order chi connectivity index (χ0) is 18.9. The van der Waals surface area contributed by atoms with Gasteiger partial charge in [0.05, 0.1) is 6.54 Å². The molecule has 1 atom stereocenters. The Morgan fingerprint density at radius 1 is 1.26 bits per heavy atom. The van der Waals surface area contributed by atoms with E-state index in [9.17, 15) is 4.79 Å². The molecule has 3 rings (SSSR count). The first-order valence-electron chi connectivity index (χ1n) is 10.3. The van der Waals surface area contributed by atoms with Gasteiger partial charge in [0.25, 0.3) is 0 Å². The van der Waals surface area contributed by atoms with Gasteiger partial charge in [-0.2, -0.15) is 0 Å². The second-order valence-electron chi connectivity index (χ2n) is 7.24. The summed E-state index contributed by atoms with van der Waals surface area (Å²) in [6.45, 7) is 6.06. The maximum atomic E-state index is 12.0. The van der Waals surface area contributed by atoms with E-state index in [2.05, 4.69) is 34.7 Å². The van der Waals surface area contributed by atoms with Crippen molar-refractivity contribution in [3.63, 3.8) is 0 Å². The van der Waals surface area contributed by atoms with Crippen LogP contribution in [0.2, 0.25) is 0 Å². The fourth-order valence-electron chi connectivity index (χ4n) is 3.64. The van der Waals surface area contributed by atoms with Crippen molar-refractivity contribution in [2.45, 2.75) is 51.6 Å². The molecule has 1 saturated heterocycles. The summed E-state index contributed by atoms with van der Waals surface area (Å²) in [6.07, 6.45) is 6.00. The number of para-hydroxylation sites is 1. The number of benzene rings is 1. The molecule has 27 heavy (non-hydrogen) atoms. The highest BCUT2D eigenvalue weighted by molar-refractivity contribution is 5.79. The van der Waals surface area contributed by atoms with Crippen molar-refractivity contribution in [2.75, 3.05) is 32.7 Å². The average molecular weight is 373 g/mol. The van der Waals surface area contributed by atoms with Gasteiger partial charge < -0.3 is 20.3 Å². The van der Waals surface area contributed by atoms with Crippen LogP contribution in [0.4, 0.5) is 0 Å². The minimum atomic E-state index is 0.104. The molecule has 6 nitrogen and oxygen atoms in total. The van der Waals surface area contributed by atoms with Crippen LogP contribution in [0, 0.1) is 0 Å². The van der Waals surface area contributed by atoms with E-state index in [1.54, 1.807) is 0 Å². The second-order valence-corrected chi connectivity index (χ2v) is 7.24.